The summed E-state index contributed by atoms with van der Waals surface area (Å²) in [6, 6.07) is 16.2. The van der Waals surface area contributed by atoms with Crippen molar-refractivity contribution in [1.29, 1.82) is 0 Å². The number of rotatable bonds is 4. The van der Waals surface area contributed by atoms with Gasteiger partial charge in [0.2, 0.25) is 11.8 Å². The molecule has 29 heavy (non-hydrogen) atoms. The molecule has 4 heterocycles. The molecule has 0 bridgehead atoms. The largest absolute Gasteiger partial charge is 0.461 e. The van der Waals surface area contributed by atoms with E-state index in [1.807, 2.05) is 18.2 Å². The summed E-state index contributed by atoms with van der Waals surface area (Å²) in [7, 11) is 0. The van der Waals surface area contributed by atoms with Crippen LogP contribution in [0.15, 0.2) is 59.2 Å². The zero-order valence-electron chi connectivity index (χ0n) is 16.1. The molecule has 1 aromatic carbocycles. The Labute approximate surface area is 168 Å². The molecule has 1 aliphatic heterocycles. The van der Waals surface area contributed by atoms with E-state index in [9.17, 15) is 0 Å². The van der Waals surface area contributed by atoms with Crippen molar-refractivity contribution in [2.75, 3.05) is 36.8 Å². The first-order valence-electron chi connectivity index (χ1n) is 9.85. The van der Waals surface area contributed by atoms with Crippen LogP contribution in [0.4, 0.5) is 11.8 Å². The maximum Gasteiger partial charge on any atom is 0.225 e. The number of hydrogen-bond acceptors (Lipinski definition) is 7. The van der Waals surface area contributed by atoms with E-state index in [1.165, 1.54) is 5.56 Å². The van der Waals surface area contributed by atoms with Crippen molar-refractivity contribution < 1.29 is 4.42 Å². The zero-order chi connectivity index (χ0) is 19.6. The predicted octanol–water partition coefficient (Wildman–Crippen LogP) is 2.68. The van der Waals surface area contributed by atoms with Gasteiger partial charge in [0.1, 0.15) is 5.82 Å². The lowest BCUT2D eigenvalue weighted by atomic mass is 10.2. The summed E-state index contributed by atoms with van der Waals surface area (Å²) in [6.07, 6.45) is 2.68. The van der Waals surface area contributed by atoms with Gasteiger partial charge in [-0.25, -0.2) is 4.98 Å². The SMILES string of the molecule is Nc1nc(N2CCCN(Cc3ccccc3)CC2)cc2nc(-c3ccco3)nn12. The van der Waals surface area contributed by atoms with Gasteiger partial charge in [0.05, 0.1) is 6.26 Å². The molecular weight excluding hydrogens is 366 g/mol. The Kier molecular flexibility index (Phi) is 4.61. The van der Waals surface area contributed by atoms with Crippen LogP contribution in [0, 0.1) is 0 Å². The third-order valence-electron chi connectivity index (χ3n) is 5.24. The van der Waals surface area contributed by atoms with E-state index in [0.717, 1.165) is 45.0 Å². The molecule has 0 amide bonds. The molecule has 8 nitrogen and oxygen atoms in total. The van der Waals surface area contributed by atoms with Gasteiger partial charge < -0.3 is 15.1 Å². The molecule has 148 valence electrons. The molecule has 5 rings (SSSR count). The molecule has 1 fully saturated rings. The van der Waals surface area contributed by atoms with Crippen molar-refractivity contribution in [3.05, 3.63) is 60.4 Å². The average Bonchev–Trinajstić information content (AvgIpc) is 3.35. The topological polar surface area (TPSA) is 88.7 Å². The number of fused-ring (bicyclic) bond motifs is 1. The van der Waals surface area contributed by atoms with E-state index < -0.39 is 0 Å². The quantitative estimate of drug-likeness (QED) is 0.574. The van der Waals surface area contributed by atoms with Crippen LogP contribution in [0.1, 0.15) is 12.0 Å². The molecule has 8 heteroatoms. The second-order valence-corrected chi connectivity index (χ2v) is 7.26. The van der Waals surface area contributed by atoms with Crippen molar-refractivity contribution in [3.63, 3.8) is 0 Å². The first-order valence-corrected chi connectivity index (χ1v) is 9.85. The zero-order valence-corrected chi connectivity index (χ0v) is 16.1. The number of nitrogen functional groups attached to an aromatic ring is 1. The smallest absolute Gasteiger partial charge is 0.225 e. The van der Waals surface area contributed by atoms with E-state index in [1.54, 1.807) is 10.8 Å². The van der Waals surface area contributed by atoms with E-state index in [-0.39, 0.29) is 0 Å². The highest BCUT2D eigenvalue weighted by Gasteiger charge is 2.19. The Morgan fingerprint density at radius 2 is 1.86 bits per heavy atom. The third kappa shape index (κ3) is 3.66. The number of aromatic nitrogens is 4. The molecule has 0 atom stereocenters. The molecule has 0 unspecified atom stereocenters. The van der Waals surface area contributed by atoms with Gasteiger partial charge in [0.15, 0.2) is 11.4 Å². The van der Waals surface area contributed by atoms with Crippen LogP contribution >= 0.6 is 0 Å². The Morgan fingerprint density at radius 1 is 0.966 bits per heavy atom. The first-order chi connectivity index (χ1) is 14.3. The lowest BCUT2D eigenvalue weighted by Crippen LogP contribution is -2.31. The van der Waals surface area contributed by atoms with Crippen molar-refractivity contribution >= 4 is 17.4 Å². The van der Waals surface area contributed by atoms with Gasteiger partial charge in [-0.2, -0.15) is 9.50 Å². The van der Waals surface area contributed by atoms with Gasteiger partial charge in [-0.15, -0.1) is 5.10 Å². The molecule has 1 aliphatic rings. The second kappa shape index (κ2) is 7.56. The summed E-state index contributed by atoms with van der Waals surface area (Å²) < 4.78 is 6.95. The molecule has 3 aromatic heterocycles. The first kappa shape index (κ1) is 17.7. The van der Waals surface area contributed by atoms with E-state index in [2.05, 4.69) is 55.2 Å². The van der Waals surface area contributed by atoms with Gasteiger partial charge in [-0.1, -0.05) is 30.3 Å². The minimum absolute atomic E-state index is 0.327. The van der Waals surface area contributed by atoms with Gasteiger partial charge in [0.25, 0.3) is 0 Å². The van der Waals surface area contributed by atoms with Crippen LogP contribution in [0.5, 0.6) is 0 Å². The number of nitrogens with zero attached hydrogens (tertiary/aromatic N) is 6. The van der Waals surface area contributed by atoms with Gasteiger partial charge in [-0.05, 0) is 24.1 Å². The molecular formula is C21H23N7O. The molecule has 4 aromatic rings. The fraction of sp³-hybridized carbons (Fsp3) is 0.286. The summed E-state index contributed by atoms with van der Waals surface area (Å²) >= 11 is 0. The highest BCUT2D eigenvalue weighted by Crippen LogP contribution is 2.22. The van der Waals surface area contributed by atoms with Crippen molar-refractivity contribution in [2.24, 2.45) is 0 Å². The number of nitrogens with two attached hydrogens (primary N) is 1. The highest BCUT2D eigenvalue weighted by molar-refractivity contribution is 5.59. The van der Waals surface area contributed by atoms with Crippen molar-refractivity contribution in [3.8, 4) is 11.6 Å². The second-order valence-electron chi connectivity index (χ2n) is 7.26. The lowest BCUT2D eigenvalue weighted by molar-refractivity contribution is 0.285. The fourth-order valence-corrected chi connectivity index (χ4v) is 3.77. The normalized spacial score (nSPS) is 15.7. The summed E-state index contributed by atoms with van der Waals surface area (Å²) in [5, 5.41) is 4.42. The monoisotopic (exact) mass is 389 g/mol. The highest BCUT2D eigenvalue weighted by atomic mass is 16.3. The molecule has 0 saturated carbocycles. The summed E-state index contributed by atoms with van der Waals surface area (Å²) in [6.45, 7) is 4.85. The summed E-state index contributed by atoms with van der Waals surface area (Å²) in [5.41, 5.74) is 8.20. The van der Waals surface area contributed by atoms with Crippen molar-refractivity contribution in [1.82, 2.24) is 24.5 Å². The van der Waals surface area contributed by atoms with Gasteiger partial charge >= 0.3 is 0 Å². The Morgan fingerprint density at radius 3 is 2.69 bits per heavy atom. The standard InChI is InChI=1S/C21H23N7O/c22-21-24-18(14-19-23-20(25-28(19)21)17-8-4-13-29-17)27-10-5-9-26(11-12-27)15-16-6-2-1-3-7-16/h1-4,6-8,13-14H,5,9-12,15H2,(H2,22,24). The summed E-state index contributed by atoms with van der Waals surface area (Å²) in [5.74, 6) is 2.29. The average molecular weight is 389 g/mol. The minimum Gasteiger partial charge on any atom is -0.461 e. The van der Waals surface area contributed by atoms with E-state index >= 15 is 0 Å². The van der Waals surface area contributed by atoms with Gasteiger partial charge in [0, 0.05) is 38.8 Å². The molecule has 1 saturated heterocycles. The third-order valence-corrected chi connectivity index (χ3v) is 5.24. The lowest BCUT2D eigenvalue weighted by Gasteiger charge is -2.23. The van der Waals surface area contributed by atoms with Crippen LogP contribution < -0.4 is 10.6 Å². The Bertz CT molecular complexity index is 1090. The maximum atomic E-state index is 6.18. The van der Waals surface area contributed by atoms with E-state index in [0.29, 0.717) is 23.2 Å². The van der Waals surface area contributed by atoms with Gasteiger partial charge in [-0.3, -0.25) is 4.90 Å². The predicted molar refractivity (Wildman–Crippen MR) is 111 cm³/mol. The van der Waals surface area contributed by atoms with Crippen molar-refractivity contribution in [2.45, 2.75) is 13.0 Å². The Hall–Kier alpha value is -3.39. The summed E-state index contributed by atoms with van der Waals surface area (Å²) in [4.78, 5) is 13.9. The molecule has 0 spiro atoms. The van der Waals surface area contributed by atoms with Crippen LogP contribution in [0.3, 0.4) is 0 Å². The maximum absolute atomic E-state index is 6.18. The van der Waals surface area contributed by atoms with Crippen LogP contribution in [0.25, 0.3) is 17.2 Å². The number of benzene rings is 1. The Balaban J connectivity index is 1.35. The van der Waals surface area contributed by atoms with Crippen LogP contribution in [0.2, 0.25) is 0 Å². The minimum atomic E-state index is 0.327. The van der Waals surface area contributed by atoms with Crippen LogP contribution in [-0.4, -0.2) is 50.7 Å². The number of anilines is 2. The molecule has 0 radical (unpaired) electrons. The molecule has 0 aliphatic carbocycles. The molecule has 2 N–H and O–H groups in total. The van der Waals surface area contributed by atoms with Crippen LogP contribution in [-0.2, 0) is 6.54 Å². The number of hydrogen-bond donors (Lipinski definition) is 1. The van der Waals surface area contributed by atoms with E-state index in [4.69, 9.17) is 10.2 Å². The fourth-order valence-electron chi connectivity index (χ4n) is 3.77. The number of furan rings is 1.